The van der Waals surface area contributed by atoms with Crippen LogP contribution in [0.4, 0.5) is 0 Å². The van der Waals surface area contributed by atoms with Crippen molar-refractivity contribution in [1.82, 2.24) is 4.90 Å². The lowest BCUT2D eigenvalue weighted by Gasteiger charge is -2.24. The molecule has 0 fully saturated rings. The maximum absolute atomic E-state index is 9.26. The summed E-state index contributed by atoms with van der Waals surface area (Å²) in [5.41, 5.74) is 5.47. The molecule has 0 aliphatic rings. The highest BCUT2D eigenvalue weighted by molar-refractivity contribution is 4.69. The third-order valence-electron chi connectivity index (χ3n) is 2.01. The molecule has 0 spiro atoms. The van der Waals surface area contributed by atoms with Gasteiger partial charge in [0.1, 0.15) is 0 Å². The maximum Gasteiger partial charge on any atom is 0.0564 e. The van der Waals surface area contributed by atoms with E-state index >= 15 is 0 Å². The van der Waals surface area contributed by atoms with Crippen molar-refractivity contribution < 1.29 is 10.2 Å². The van der Waals surface area contributed by atoms with E-state index in [0.717, 1.165) is 6.54 Å². The summed E-state index contributed by atoms with van der Waals surface area (Å²) in [4.78, 5) is 1.96. The van der Waals surface area contributed by atoms with Crippen molar-refractivity contribution in [3.8, 4) is 0 Å². The average Bonchev–Trinajstić information content (AvgIpc) is 2.00. The Morgan fingerprint density at radius 2 is 2.08 bits per heavy atom. The van der Waals surface area contributed by atoms with E-state index in [4.69, 9.17) is 10.8 Å². The van der Waals surface area contributed by atoms with Gasteiger partial charge in [-0.2, -0.15) is 0 Å². The lowest BCUT2D eigenvalue weighted by Crippen LogP contribution is -2.37. The average molecular weight is 176 g/mol. The molecule has 74 valence electrons. The van der Waals surface area contributed by atoms with Gasteiger partial charge in [0.15, 0.2) is 0 Å². The number of aliphatic hydroxyl groups is 2. The first-order chi connectivity index (χ1) is 5.61. The third-order valence-corrected chi connectivity index (χ3v) is 2.01. The second-order valence-corrected chi connectivity index (χ2v) is 3.22. The summed E-state index contributed by atoms with van der Waals surface area (Å²) in [7, 11) is 1.90. The molecule has 2 atom stereocenters. The molecule has 0 heterocycles. The van der Waals surface area contributed by atoms with Crippen LogP contribution in [-0.2, 0) is 0 Å². The van der Waals surface area contributed by atoms with Crippen molar-refractivity contribution >= 4 is 0 Å². The highest BCUT2D eigenvalue weighted by Crippen LogP contribution is 2.02. The molecule has 0 radical (unpaired) electrons. The minimum atomic E-state index is -0.379. The summed E-state index contributed by atoms with van der Waals surface area (Å²) in [5, 5.41) is 17.9. The summed E-state index contributed by atoms with van der Waals surface area (Å²) >= 11 is 0. The molecule has 0 aliphatic carbocycles. The van der Waals surface area contributed by atoms with Gasteiger partial charge in [0.2, 0.25) is 0 Å². The van der Waals surface area contributed by atoms with Gasteiger partial charge in [0.05, 0.1) is 12.7 Å². The maximum atomic E-state index is 9.26. The minimum Gasteiger partial charge on any atom is -0.395 e. The van der Waals surface area contributed by atoms with Gasteiger partial charge in [-0.05, 0) is 20.5 Å². The number of nitrogens with two attached hydrogens (primary N) is 1. The van der Waals surface area contributed by atoms with E-state index in [0.29, 0.717) is 13.1 Å². The first-order valence-corrected chi connectivity index (χ1v) is 4.29. The molecule has 0 aromatic carbocycles. The number of hydrogen-bond acceptors (Lipinski definition) is 4. The van der Waals surface area contributed by atoms with E-state index in [-0.39, 0.29) is 18.6 Å². The van der Waals surface area contributed by atoms with Gasteiger partial charge >= 0.3 is 0 Å². The predicted octanol–water partition coefficient (Wildman–Crippen LogP) is -1.13. The van der Waals surface area contributed by atoms with Gasteiger partial charge in [0.25, 0.3) is 0 Å². The smallest absolute Gasteiger partial charge is 0.0564 e. The molecule has 0 aliphatic heterocycles. The van der Waals surface area contributed by atoms with E-state index in [2.05, 4.69) is 0 Å². The Morgan fingerprint density at radius 3 is 2.42 bits per heavy atom. The van der Waals surface area contributed by atoms with Gasteiger partial charge < -0.3 is 20.8 Å². The first kappa shape index (κ1) is 11.8. The van der Waals surface area contributed by atoms with Gasteiger partial charge in [-0.3, -0.25) is 0 Å². The zero-order valence-electron chi connectivity index (χ0n) is 7.90. The number of rotatable bonds is 6. The Hall–Kier alpha value is -0.160. The lowest BCUT2D eigenvalue weighted by atomic mass is 10.0. The molecule has 0 aromatic heterocycles. The third kappa shape index (κ3) is 4.66. The van der Waals surface area contributed by atoms with Crippen LogP contribution in [0.1, 0.15) is 6.92 Å². The molecule has 4 nitrogen and oxygen atoms in total. The second kappa shape index (κ2) is 6.37. The standard InChI is InChI=1S/C8H20N2O2/c1-7(12)8(5-9)6-10(2)3-4-11/h7-8,11-12H,3-6,9H2,1-2H3. The fraction of sp³-hybridized carbons (Fsp3) is 1.00. The highest BCUT2D eigenvalue weighted by atomic mass is 16.3. The number of hydrogen-bond donors (Lipinski definition) is 3. The van der Waals surface area contributed by atoms with Gasteiger partial charge in [-0.25, -0.2) is 0 Å². The highest BCUT2D eigenvalue weighted by Gasteiger charge is 2.14. The predicted molar refractivity (Wildman–Crippen MR) is 48.8 cm³/mol. The molecule has 0 saturated carbocycles. The number of aliphatic hydroxyl groups excluding tert-OH is 2. The molecular formula is C8H20N2O2. The van der Waals surface area contributed by atoms with Crippen molar-refractivity contribution in [3.05, 3.63) is 0 Å². The second-order valence-electron chi connectivity index (χ2n) is 3.22. The summed E-state index contributed by atoms with van der Waals surface area (Å²) < 4.78 is 0. The van der Waals surface area contributed by atoms with Gasteiger partial charge in [-0.15, -0.1) is 0 Å². The SMILES string of the molecule is CC(O)C(CN)CN(C)CCO. The van der Waals surface area contributed by atoms with Crippen LogP contribution in [0.25, 0.3) is 0 Å². The quantitative estimate of drug-likeness (QED) is 0.479. The molecule has 4 heteroatoms. The number of nitrogens with zero attached hydrogens (tertiary/aromatic N) is 1. The van der Waals surface area contributed by atoms with Crippen molar-refractivity contribution in [2.75, 3.05) is 33.3 Å². The van der Waals surface area contributed by atoms with E-state index in [9.17, 15) is 5.11 Å². The van der Waals surface area contributed by atoms with E-state index in [1.54, 1.807) is 6.92 Å². The largest absolute Gasteiger partial charge is 0.395 e. The zero-order valence-corrected chi connectivity index (χ0v) is 7.90. The molecule has 2 unspecified atom stereocenters. The Balaban J connectivity index is 3.69. The van der Waals surface area contributed by atoms with Crippen LogP contribution in [0.5, 0.6) is 0 Å². The first-order valence-electron chi connectivity index (χ1n) is 4.29. The van der Waals surface area contributed by atoms with Crippen molar-refractivity contribution in [1.29, 1.82) is 0 Å². The lowest BCUT2D eigenvalue weighted by molar-refractivity contribution is 0.0986. The summed E-state index contributed by atoms with van der Waals surface area (Å²) in [6.07, 6.45) is -0.379. The van der Waals surface area contributed by atoms with Crippen molar-refractivity contribution in [2.45, 2.75) is 13.0 Å². The molecule has 4 N–H and O–H groups in total. The summed E-state index contributed by atoms with van der Waals surface area (Å²) in [5.74, 6) is 0.0987. The van der Waals surface area contributed by atoms with E-state index in [1.165, 1.54) is 0 Å². The van der Waals surface area contributed by atoms with Crippen LogP contribution < -0.4 is 5.73 Å². The van der Waals surface area contributed by atoms with Crippen LogP contribution >= 0.6 is 0 Å². The molecule has 0 rings (SSSR count). The molecular weight excluding hydrogens is 156 g/mol. The van der Waals surface area contributed by atoms with Crippen molar-refractivity contribution in [3.63, 3.8) is 0 Å². The summed E-state index contributed by atoms with van der Waals surface area (Å²) in [6, 6.07) is 0. The topological polar surface area (TPSA) is 69.7 Å². The Labute approximate surface area is 74.0 Å². The van der Waals surface area contributed by atoms with Crippen LogP contribution in [0.15, 0.2) is 0 Å². The summed E-state index contributed by atoms with van der Waals surface area (Å²) in [6.45, 7) is 3.73. The molecule has 0 saturated heterocycles. The molecule has 0 aromatic rings. The fourth-order valence-electron chi connectivity index (χ4n) is 1.09. The minimum absolute atomic E-state index is 0.0987. The van der Waals surface area contributed by atoms with Gasteiger partial charge in [0, 0.05) is 19.0 Å². The Bertz CT molecular complexity index is 109. The molecule has 12 heavy (non-hydrogen) atoms. The molecule has 0 amide bonds. The van der Waals surface area contributed by atoms with E-state index < -0.39 is 0 Å². The Kier molecular flexibility index (Phi) is 6.28. The van der Waals surface area contributed by atoms with Crippen LogP contribution in [0, 0.1) is 5.92 Å². The van der Waals surface area contributed by atoms with Gasteiger partial charge in [-0.1, -0.05) is 0 Å². The van der Waals surface area contributed by atoms with Crippen LogP contribution in [0.3, 0.4) is 0 Å². The monoisotopic (exact) mass is 176 g/mol. The van der Waals surface area contributed by atoms with E-state index in [1.807, 2.05) is 11.9 Å². The van der Waals surface area contributed by atoms with Crippen LogP contribution in [0.2, 0.25) is 0 Å². The number of likely N-dealkylation sites (N-methyl/N-ethyl adjacent to an activating group) is 1. The molecule has 0 bridgehead atoms. The normalized spacial score (nSPS) is 16.5. The Morgan fingerprint density at radius 1 is 1.50 bits per heavy atom. The zero-order chi connectivity index (χ0) is 9.56. The fourth-order valence-corrected chi connectivity index (χ4v) is 1.09. The van der Waals surface area contributed by atoms with Crippen LogP contribution in [-0.4, -0.2) is 54.5 Å². The van der Waals surface area contributed by atoms with Crippen molar-refractivity contribution in [2.24, 2.45) is 11.7 Å².